The Morgan fingerprint density at radius 3 is 1.60 bits per heavy atom. The number of piperidine rings is 3. The molecule has 1 aromatic heterocycles. The molecule has 0 saturated carbocycles. The molecule has 3 atom stereocenters. The second-order valence-corrected chi connectivity index (χ2v) is 20.2. The molecule has 3 saturated heterocycles. The number of nitrogens with zero attached hydrogens (tertiary/aromatic N) is 1. The number of ether oxygens (including phenoxy) is 1. The number of rotatable bonds is 15. The quantitative estimate of drug-likeness (QED) is 0.0558. The van der Waals surface area contributed by atoms with Crippen molar-refractivity contribution < 1.29 is 32.3 Å². The van der Waals surface area contributed by atoms with E-state index in [2.05, 4.69) is 71.8 Å². The van der Waals surface area contributed by atoms with E-state index in [0.717, 1.165) is 75.2 Å². The third kappa shape index (κ3) is 19.7. The summed E-state index contributed by atoms with van der Waals surface area (Å²) in [7, 11) is 0. The Morgan fingerprint density at radius 2 is 1.13 bits per heavy atom. The molecule has 0 spiro atoms. The molecule has 4 heterocycles. The number of anilines is 3. The van der Waals surface area contributed by atoms with Crippen molar-refractivity contribution in [1.29, 1.82) is 0 Å². The third-order valence-corrected chi connectivity index (χ3v) is 14.4. The van der Waals surface area contributed by atoms with E-state index in [1.54, 1.807) is 42.5 Å². The van der Waals surface area contributed by atoms with Crippen molar-refractivity contribution in [3.05, 3.63) is 183 Å². The molecular formula is C61H66Cl2F3N7O4. The number of benzene rings is 5. The molecule has 0 bridgehead atoms. The molecule has 0 aliphatic carbocycles. The number of carbonyl (C=O) groups is 3. The second kappa shape index (κ2) is 29.7. The van der Waals surface area contributed by atoms with Crippen molar-refractivity contribution in [2.45, 2.75) is 101 Å². The Hall–Kier alpha value is -6.73. The average Bonchev–Trinajstić information content (AvgIpc) is 3.46. The number of alkyl halides is 3. The van der Waals surface area contributed by atoms with Crippen LogP contribution in [0.5, 0.6) is 5.88 Å². The van der Waals surface area contributed by atoms with Crippen molar-refractivity contribution in [3.8, 4) is 18.2 Å². The summed E-state index contributed by atoms with van der Waals surface area (Å²) in [6.07, 6.45) is 16.7. The van der Waals surface area contributed by atoms with Gasteiger partial charge in [0.25, 0.3) is 17.7 Å². The predicted molar refractivity (Wildman–Crippen MR) is 303 cm³/mol. The lowest BCUT2D eigenvalue weighted by atomic mass is 9.92. The van der Waals surface area contributed by atoms with Crippen LogP contribution in [0.4, 0.5) is 30.2 Å². The molecule has 11 nitrogen and oxygen atoms in total. The van der Waals surface area contributed by atoms with E-state index < -0.39 is 18.7 Å². The highest BCUT2D eigenvalue weighted by atomic mass is 35.5. The highest BCUT2D eigenvalue weighted by Crippen LogP contribution is 2.26. The minimum Gasteiger partial charge on any atom is -0.468 e. The Morgan fingerprint density at radius 1 is 0.610 bits per heavy atom. The first-order valence-corrected chi connectivity index (χ1v) is 27.1. The fraction of sp³-hybridized carbons (Fsp3) is 0.344. The van der Waals surface area contributed by atoms with Gasteiger partial charge in [-0.2, -0.15) is 13.2 Å². The van der Waals surface area contributed by atoms with E-state index in [4.69, 9.17) is 29.6 Å². The highest BCUT2D eigenvalue weighted by Gasteiger charge is 2.28. The minimum atomic E-state index is -4.43. The number of halogens is 5. The highest BCUT2D eigenvalue weighted by molar-refractivity contribution is 6.42. The average molecular weight is 1090 g/mol. The minimum absolute atomic E-state index is 0.122. The van der Waals surface area contributed by atoms with Gasteiger partial charge in [-0.1, -0.05) is 78.4 Å². The summed E-state index contributed by atoms with van der Waals surface area (Å²) in [6.45, 7) is 2.88. The number of aryl methyl sites for hydroxylation is 2. The Kier molecular flexibility index (Phi) is 22.4. The maximum atomic E-state index is 12.3. The number of carbonyl (C=O) groups excluding carboxylic acids is 3. The fourth-order valence-electron chi connectivity index (χ4n) is 9.23. The summed E-state index contributed by atoms with van der Waals surface area (Å²) < 4.78 is 40.9. The number of amides is 3. The van der Waals surface area contributed by atoms with E-state index in [0.29, 0.717) is 44.9 Å². The third-order valence-electron chi connectivity index (χ3n) is 13.6. The zero-order valence-corrected chi connectivity index (χ0v) is 44.5. The van der Waals surface area contributed by atoms with Crippen LogP contribution < -0.4 is 36.6 Å². The number of aromatic nitrogens is 1. The van der Waals surface area contributed by atoms with Crippen LogP contribution in [0.2, 0.25) is 10.0 Å². The maximum Gasteiger partial charge on any atom is 0.422 e. The summed E-state index contributed by atoms with van der Waals surface area (Å²) in [6, 6.07) is 39.7. The number of hydrogen-bond donors (Lipinski definition) is 6. The van der Waals surface area contributed by atoms with Crippen LogP contribution in [0, 0.1) is 12.3 Å². The van der Waals surface area contributed by atoms with E-state index in [9.17, 15) is 27.6 Å². The number of pyridine rings is 1. The van der Waals surface area contributed by atoms with Gasteiger partial charge in [0.15, 0.2) is 6.61 Å². The van der Waals surface area contributed by atoms with Gasteiger partial charge < -0.3 is 36.6 Å². The second-order valence-electron chi connectivity index (χ2n) is 19.4. The number of nitrogens with one attached hydrogen (secondary N) is 6. The van der Waals surface area contributed by atoms with Crippen LogP contribution in [-0.4, -0.2) is 73.8 Å². The van der Waals surface area contributed by atoms with Gasteiger partial charge in [-0.15, -0.1) is 6.42 Å². The van der Waals surface area contributed by atoms with E-state index in [1.807, 2.05) is 48.5 Å². The number of hydrogen-bond acceptors (Lipinski definition) is 8. The summed E-state index contributed by atoms with van der Waals surface area (Å²) in [5.74, 6) is 2.14. The van der Waals surface area contributed by atoms with Crippen molar-refractivity contribution >= 4 is 58.0 Å². The molecule has 5 aromatic carbocycles. The van der Waals surface area contributed by atoms with Gasteiger partial charge in [-0.05, 0) is 191 Å². The number of terminal acetylenes is 1. The lowest BCUT2D eigenvalue weighted by Crippen LogP contribution is -2.34. The Labute approximate surface area is 459 Å². The van der Waals surface area contributed by atoms with Gasteiger partial charge >= 0.3 is 6.18 Å². The van der Waals surface area contributed by atoms with Crippen LogP contribution in [0.1, 0.15) is 123 Å². The monoisotopic (exact) mass is 1090 g/mol. The Bertz CT molecular complexity index is 2850. The largest absolute Gasteiger partial charge is 0.468 e. The smallest absolute Gasteiger partial charge is 0.422 e. The molecule has 16 heteroatoms. The molecule has 9 rings (SSSR count). The van der Waals surface area contributed by atoms with E-state index in [-0.39, 0.29) is 23.3 Å². The normalized spacial score (nSPS) is 17.2. The molecule has 3 aliphatic rings. The summed E-state index contributed by atoms with van der Waals surface area (Å²) >= 11 is 11.8. The molecule has 6 N–H and O–H groups in total. The molecule has 404 valence electrons. The van der Waals surface area contributed by atoms with Gasteiger partial charge in [-0.25, -0.2) is 4.98 Å². The maximum absolute atomic E-state index is 12.3. The molecule has 6 aromatic rings. The molecule has 3 fully saturated rings. The van der Waals surface area contributed by atoms with Crippen molar-refractivity contribution in [1.82, 2.24) is 20.9 Å². The van der Waals surface area contributed by atoms with Crippen molar-refractivity contribution in [3.63, 3.8) is 0 Å². The van der Waals surface area contributed by atoms with Crippen LogP contribution >= 0.6 is 23.2 Å². The topological polar surface area (TPSA) is 146 Å². The summed E-state index contributed by atoms with van der Waals surface area (Å²) in [5.41, 5.74) is 8.15. The zero-order valence-electron chi connectivity index (χ0n) is 43.0. The molecular weight excluding hydrogens is 1020 g/mol. The van der Waals surface area contributed by atoms with Gasteiger partial charge in [0.05, 0.1) is 15.6 Å². The first-order chi connectivity index (χ1) is 37.3. The molecule has 77 heavy (non-hydrogen) atoms. The first-order valence-electron chi connectivity index (χ1n) is 26.3. The van der Waals surface area contributed by atoms with Gasteiger partial charge in [0.1, 0.15) is 0 Å². The van der Waals surface area contributed by atoms with E-state index >= 15 is 0 Å². The van der Waals surface area contributed by atoms with Gasteiger partial charge in [-0.3, -0.25) is 14.4 Å². The lowest BCUT2D eigenvalue weighted by molar-refractivity contribution is -0.154. The first kappa shape index (κ1) is 58.0. The SMILES string of the molecule is C#Cc1ccc(C(=O)Nc2ccc(CCC3CCCCN3)cc2)cc1.O=C(Nc1ccc(C2CCCNC2)cc1)c1ccc(OCC(F)(F)F)nc1.O=C(Nc1ccc(CCC2CCCCN2)cc1)c1ccc(Cl)c(Cl)c1. The van der Waals surface area contributed by atoms with Crippen LogP contribution in [0.15, 0.2) is 134 Å². The molecule has 3 amide bonds. The standard InChI is InChI=1S/C22H24N2O.C20H22Cl2N2O.C19H20F3N3O2/c1-2-17-6-11-19(12-7-17)22(25)24-21-14-9-18(10-15-21)8-13-20-5-3-4-16-23-20;21-18-11-7-15(13-19(18)22)20(25)24-17-9-5-14(6-10-17)4-8-16-3-1-2-12-23-16;20-19(21,22)12-27-17-8-5-15(11-24-17)18(26)25-16-6-3-13(4-7-16)14-2-1-9-23-10-14/h1,6-7,9-12,14-15,20,23H,3-5,8,13,16H2,(H,24,25);5-7,9-11,13,16,23H,1-4,8,12H2,(H,24,25);3-8,11,14,23H,1-2,9-10,12H2,(H,25,26). The summed E-state index contributed by atoms with van der Waals surface area (Å²) in [5, 5.41) is 19.9. The summed E-state index contributed by atoms with van der Waals surface area (Å²) in [4.78, 5) is 40.5. The molecule has 3 unspecified atom stereocenters. The molecule has 0 radical (unpaired) electrons. The van der Waals surface area contributed by atoms with Crippen LogP contribution in [0.3, 0.4) is 0 Å². The van der Waals surface area contributed by atoms with Crippen LogP contribution in [-0.2, 0) is 12.8 Å². The lowest BCUT2D eigenvalue weighted by Gasteiger charge is -2.23. The fourth-order valence-corrected chi connectivity index (χ4v) is 9.53. The van der Waals surface area contributed by atoms with Crippen LogP contribution in [0.25, 0.3) is 0 Å². The van der Waals surface area contributed by atoms with Crippen molar-refractivity contribution in [2.24, 2.45) is 0 Å². The molecule has 3 aliphatic heterocycles. The van der Waals surface area contributed by atoms with Gasteiger partial charge in [0, 0.05) is 64.6 Å². The van der Waals surface area contributed by atoms with E-state index in [1.165, 1.54) is 80.0 Å². The predicted octanol–water partition coefficient (Wildman–Crippen LogP) is 13.1. The Balaban J connectivity index is 0.000000168. The van der Waals surface area contributed by atoms with Gasteiger partial charge in [0.2, 0.25) is 5.88 Å². The zero-order chi connectivity index (χ0) is 54.4. The van der Waals surface area contributed by atoms with Crippen molar-refractivity contribution in [2.75, 3.05) is 48.7 Å².